The Hall–Kier alpha value is -2.91. The molecule has 0 saturated carbocycles. The molecule has 0 bridgehead atoms. The number of pyridine rings is 1. The number of nitrogens with one attached hydrogen (secondary N) is 1. The first-order chi connectivity index (χ1) is 16.2. The maximum atomic E-state index is 14.5. The lowest BCUT2D eigenvalue weighted by atomic mass is 9.89. The number of hydrogen-bond acceptors (Lipinski definition) is 7. The highest BCUT2D eigenvalue weighted by molar-refractivity contribution is 7.88. The SMILES string of the molecule is CS(=O)(=O)N[C@@H]1CN(C2=NOC(CO)(c3ncc(F)cc3-c3c(F)cc(F)cc3F)C2)CC1(F)F. The number of halogens is 6. The number of alkyl halides is 2. The number of oxime groups is 1. The summed E-state index contributed by atoms with van der Waals surface area (Å²) in [4.78, 5) is 10.2. The Balaban J connectivity index is 1.69. The number of likely N-dealkylation sites (tertiary alicyclic amines) is 1. The van der Waals surface area contributed by atoms with Crippen molar-refractivity contribution in [2.45, 2.75) is 24.0 Å². The van der Waals surface area contributed by atoms with E-state index in [9.17, 15) is 39.9 Å². The maximum absolute atomic E-state index is 14.5. The Labute approximate surface area is 195 Å². The van der Waals surface area contributed by atoms with Crippen molar-refractivity contribution in [1.82, 2.24) is 14.6 Å². The molecule has 35 heavy (non-hydrogen) atoms. The minimum absolute atomic E-state index is 0.131. The smallest absolute Gasteiger partial charge is 0.282 e. The molecule has 15 heteroatoms. The third kappa shape index (κ3) is 4.79. The van der Waals surface area contributed by atoms with Gasteiger partial charge in [0.2, 0.25) is 15.6 Å². The predicted octanol–water partition coefficient (Wildman–Crippen LogP) is 2.10. The van der Waals surface area contributed by atoms with Gasteiger partial charge in [0.05, 0.1) is 43.3 Å². The van der Waals surface area contributed by atoms with Gasteiger partial charge in [-0.15, -0.1) is 0 Å². The van der Waals surface area contributed by atoms with E-state index in [0.29, 0.717) is 24.4 Å². The van der Waals surface area contributed by atoms with E-state index in [0.717, 1.165) is 11.2 Å². The van der Waals surface area contributed by atoms with Gasteiger partial charge in [-0.1, -0.05) is 5.16 Å². The van der Waals surface area contributed by atoms with Crippen molar-refractivity contribution in [3.8, 4) is 11.1 Å². The first-order valence-corrected chi connectivity index (χ1v) is 11.9. The van der Waals surface area contributed by atoms with Crippen molar-refractivity contribution >= 4 is 15.9 Å². The van der Waals surface area contributed by atoms with E-state index in [-0.39, 0.29) is 11.5 Å². The zero-order valence-corrected chi connectivity index (χ0v) is 18.7. The third-order valence-electron chi connectivity index (χ3n) is 5.62. The van der Waals surface area contributed by atoms with Crippen LogP contribution in [0.3, 0.4) is 0 Å². The van der Waals surface area contributed by atoms with Crippen LogP contribution in [0.2, 0.25) is 0 Å². The molecular formula is C20H18F6N4O4S. The van der Waals surface area contributed by atoms with Gasteiger partial charge >= 0.3 is 0 Å². The molecule has 190 valence electrons. The quantitative estimate of drug-likeness (QED) is 0.581. The van der Waals surface area contributed by atoms with Gasteiger partial charge < -0.3 is 14.8 Å². The van der Waals surface area contributed by atoms with Crippen molar-refractivity contribution < 1.29 is 44.7 Å². The highest BCUT2D eigenvalue weighted by Crippen LogP contribution is 2.42. The monoisotopic (exact) mass is 524 g/mol. The first-order valence-electron chi connectivity index (χ1n) is 10.0. The predicted molar refractivity (Wildman–Crippen MR) is 110 cm³/mol. The molecule has 1 aromatic carbocycles. The summed E-state index contributed by atoms with van der Waals surface area (Å²) in [6, 6.07) is -0.322. The Morgan fingerprint density at radius 3 is 2.43 bits per heavy atom. The first kappa shape index (κ1) is 25.2. The van der Waals surface area contributed by atoms with Crippen molar-refractivity contribution in [2.24, 2.45) is 5.16 Å². The minimum atomic E-state index is -3.96. The summed E-state index contributed by atoms with van der Waals surface area (Å²) in [5.41, 5.74) is -3.68. The summed E-state index contributed by atoms with van der Waals surface area (Å²) in [6.07, 6.45) is 0.988. The van der Waals surface area contributed by atoms with Gasteiger partial charge in [0, 0.05) is 24.2 Å². The summed E-state index contributed by atoms with van der Waals surface area (Å²) in [7, 11) is -3.96. The molecule has 0 radical (unpaired) electrons. The van der Waals surface area contributed by atoms with E-state index in [2.05, 4.69) is 10.1 Å². The van der Waals surface area contributed by atoms with E-state index in [4.69, 9.17) is 4.84 Å². The molecular weight excluding hydrogens is 506 g/mol. The van der Waals surface area contributed by atoms with E-state index >= 15 is 0 Å². The van der Waals surface area contributed by atoms with E-state index in [1.54, 1.807) is 0 Å². The molecule has 4 rings (SSSR count). The Morgan fingerprint density at radius 2 is 1.83 bits per heavy atom. The lowest BCUT2D eigenvalue weighted by molar-refractivity contribution is -0.0646. The average molecular weight is 524 g/mol. The second-order valence-corrected chi connectivity index (χ2v) is 10.1. The number of amidine groups is 1. The third-order valence-corrected chi connectivity index (χ3v) is 6.34. The Kier molecular flexibility index (Phi) is 6.22. The standard InChI is InChI=1S/C20H18F6N4O4S/c1-35(32,33)29-15-7-30(8-20(15,25)26)16-5-19(9-31,34-28-16)18-12(2-11(22)6-27-18)17-13(23)3-10(21)4-14(17)24/h2-4,6,15,29,31H,5,7-9H2,1H3/t15-,19?/m1/s1. The molecule has 0 spiro atoms. The molecule has 1 unspecified atom stereocenters. The molecule has 1 aromatic heterocycles. The number of nitrogens with zero attached hydrogens (tertiary/aromatic N) is 3. The average Bonchev–Trinajstić information content (AvgIpc) is 3.28. The summed E-state index contributed by atoms with van der Waals surface area (Å²) in [6.45, 7) is -2.34. The second-order valence-electron chi connectivity index (χ2n) is 8.31. The highest BCUT2D eigenvalue weighted by Gasteiger charge is 2.53. The van der Waals surface area contributed by atoms with Crippen LogP contribution < -0.4 is 4.72 Å². The lowest BCUT2D eigenvalue weighted by Crippen LogP contribution is -2.46. The van der Waals surface area contributed by atoms with E-state index in [1.165, 1.54) is 0 Å². The molecule has 1 saturated heterocycles. The molecule has 2 aliphatic rings. The molecule has 0 aliphatic carbocycles. The molecule has 1 fully saturated rings. The van der Waals surface area contributed by atoms with Crippen LogP contribution >= 0.6 is 0 Å². The number of aliphatic hydroxyl groups is 1. The summed E-state index contributed by atoms with van der Waals surface area (Å²) < 4.78 is 110. The van der Waals surface area contributed by atoms with E-state index < -0.39 is 88.1 Å². The Morgan fingerprint density at radius 1 is 1.17 bits per heavy atom. The molecule has 2 N–H and O–H groups in total. The number of rotatable bonds is 5. The van der Waals surface area contributed by atoms with Gasteiger partial charge in [0.1, 0.15) is 35.1 Å². The molecule has 2 atom stereocenters. The van der Waals surface area contributed by atoms with Gasteiger partial charge in [-0.3, -0.25) is 4.98 Å². The number of benzene rings is 1. The Bertz CT molecular complexity index is 1290. The highest BCUT2D eigenvalue weighted by atomic mass is 32.2. The van der Waals surface area contributed by atoms with E-state index in [1.807, 2.05) is 4.72 Å². The van der Waals surface area contributed by atoms with Crippen molar-refractivity contribution in [1.29, 1.82) is 0 Å². The molecule has 2 aromatic rings. The van der Waals surface area contributed by atoms with Crippen molar-refractivity contribution in [2.75, 3.05) is 26.0 Å². The van der Waals surface area contributed by atoms with Crippen molar-refractivity contribution in [3.63, 3.8) is 0 Å². The van der Waals surface area contributed by atoms with Crippen LogP contribution in [-0.4, -0.2) is 67.2 Å². The van der Waals surface area contributed by atoms with Crippen molar-refractivity contribution in [3.05, 3.63) is 53.4 Å². The second kappa shape index (κ2) is 8.64. The van der Waals surface area contributed by atoms with Crippen LogP contribution in [0, 0.1) is 23.3 Å². The van der Waals surface area contributed by atoms with Gasteiger partial charge in [0.25, 0.3) is 5.92 Å². The molecule has 0 amide bonds. The van der Waals surface area contributed by atoms with Gasteiger partial charge in [-0.2, -0.15) is 0 Å². The lowest BCUT2D eigenvalue weighted by Gasteiger charge is -2.27. The topological polar surface area (TPSA) is 104 Å². The summed E-state index contributed by atoms with van der Waals surface area (Å²) in [5, 5.41) is 13.8. The normalized spacial score (nSPS) is 23.9. The number of hydrogen-bond donors (Lipinski definition) is 2. The van der Waals surface area contributed by atoms with Gasteiger partial charge in [0.15, 0.2) is 0 Å². The largest absolute Gasteiger partial charge is 0.392 e. The van der Waals surface area contributed by atoms with Crippen LogP contribution in [0.4, 0.5) is 26.3 Å². The summed E-state index contributed by atoms with van der Waals surface area (Å²) in [5.74, 6) is -8.59. The number of aromatic nitrogens is 1. The zero-order valence-electron chi connectivity index (χ0n) is 17.9. The summed E-state index contributed by atoms with van der Waals surface area (Å²) >= 11 is 0. The number of aliphatic hydroxyl groups excluding tert-OH is 1. The fraction of sp³-hybridized carbons (Fsp3) is 0.400. The number of sulfonamides is 1. The fourth-order valence-electron chi connectivity index (χ4n) is 4.07. The van der Waals surface area contributed by atoms with Gasteiger partial charge in [-0.05, 0) is 6.07 Å². The minimum Gasteiger partial charge on any atom is -0.392 e. The zero-order chi connectivity index (χ0) is 25.8. The van der Waals surface area contributed by atoms with Crippen LogP contribution in [0.15, 0.2) is 29.6 Å². The van der Waals surface area contributed by atoms with Crippen LogP contribution in [0.5, 0.6) is 0 Å². The molecule has 3 heterocycles. The molecule has 8 nitrogen and oxygen atoms in total. The van der Waals surface area contributed by atoms with Crippen LogP contribution in [0.1, 0.15) is 12.1 Å². The maximum Gasteiger partial charge on any atom is 0.282 e. The fourth-order valence-corrected chi connectivity index (χ4v) is 4.83. The van der Waals surface area contributed by atoms with Crippen LogP contribution in [-0.2, 0) is 20.5 Å². The molecule has 2 aliphatic heterocycles. The van der Waals surface area contributed by atoms with Crippen LogP contribution in [0.25, 0.3) is 11.1 Å². The van der Waals surface area contributed by atoms with Gasteiger partial charge in [-0.25, -0.2) is 39.5 Å².